The summed E-state index contributed by atoms with van der Waals surface area (Å²) in [5.41, 5.74) is 2.11. The Morgan fingerprint density at radius 2 is 2.06 bits per heavy atom. The van der Waals surface area contributed by atoms with Crippen LogP contribution in [0.25, 0.3) is 11.0 Å². The first-order valence-corrected chi connectivity index (χ1v) is 5.34. The molecule has 1 aliphatic rings. The normalized spacial score (nSPS) is 18.5. The van der Waals surface area contributed by atoms with Gasteiger partial charge in [0.15, 0.2) is 0 Å². The minimum absolute atomic E-state index is 0. The average molecular weight is 275 g/mol. The van der Waals surface area contributed by atoms with Crippen LogP contribution in [0.1, 0.15) is 6.42 Å². The molecule has 1 aliphatic heterocycles. The first kappa shape index (κ1) is 14.1. The van der Waals surface area contributed by atoms with Crippen molar-refractivity contribution in [3.8, 4) is 0 Å². The highest BCUT2D eigenvalue weighted by molar-refractivity contribution is 5.85. The van der Waals surface area contributed by atoms with Crippen molar-refractivity contribution in [3.05, 3.63) is 24.3 Å². The molecular formula is C11H16Cl2N4. The van der Waals surface area contributed by atoms with E-state index in [-0.39, 0.29) is 24.8 Å². The molecule has 94 valence electrons. The van der Waals surface area contributed by atoms with Gasteiger partial charge >= 0.3 is 0 Å². The molecule has 0 spiro atoms. The molecule has 0 aliphatic carbocycles. The van der Waals surface area contributed by atoms with Crippen molar-refractivity contribution in [2.45, 2.75) is 12.5 Å². The van der Waals surface area contributed by atoms with Crippen LogP contribution < -0.4 is 10.6 Å². The third-order valence-corrected chi connectivity index (χ3v) is 2.79. The van der Waals surface area contributed by atoms with Crippen LogP contribution in [0.2, 0.25) is 0 Å². The number of para-hydroxylation sites is 2. The van der Waals surface area contributed by atoms with Gasteiger partial charge in [0.25, 0.3) is 0 Å². The standard InChI is InChI=1S/C11H14N4.2ClH/c1-2-4-10-9(3-1)14-11(15-10)13-8-5-6-12-7-8;;/h1-4,8,12H,5-7H2,(H2,13,14,15);2*1H. The Labute approximate surface area is 112 Å². The van der Waals surface area contributed by atoms with E-state index in [1.807, 2.05) is 24.3 Å². The molecular weight excluding hydrogens is 259 g/mol. The van der Waals surface area contributed by atoms with Gasteiger partial charge in [-0.15, -0.1) is 24.8 Å². The molecule has 3 N–H and O–H groups in total. The minimum atomic E-state index is 0. The van der Waals surface area contributed by atoms with Gasteiger partial charge in [-0.3, -0.25) is 0 Å². The van der Waals surface area contributed by atoms with Crippen LogP contribution in [0, 0.1) is 0 Å². The average Bonchev–Trinajstić information content (AvgIpc) is 2.86. The van der Waals surface area contributed by atoms with Gasteiger partial charge in [-0.05, 0) is 25.1 Å². The largest absolute Gasteiger partial charge is 0.352 e. The second-order valence-corrected chi connectivity index (χ2v) is 3.94. The van der Waals surface area contributed by atoms with Crippen LogP contribution in [0.3, 0.4) is 0 Å². The highest BCUT2D eigenvalue weighted by Gasteiger charge is 2.15. The van der Waals surface area contributed by atoms with Gasteiger partial charge in [0.05, 0.1) is 11.0 Å². The zero-order valence-corrected chi connectivity index (χ0v) is 10.9. The van der Waals surface area contributed by atoms with E-state index in [0.29, 0.717) is 6.04 Å². The molecule has 2 aromatic rings. The van der Waals surface area contributed by atoms with Crippen molar-refractivity contribution in [3.63, 3.8) is 0 Å². The maximum absolute atomic E-state index is 4.48. The Morgan fingerprint density at radius 1 is 1.24 bits per heavy atom. The molecule has 17 heavy (non-hydrogen) atoms. The number of benzene rings is 1. The first-order chi connectivity index (χ1) is 7.42. The molecule has 0 radical (unpaired) electrons. The smallest absolute Gasteiger partial charge is 0.201 e. The van der Waals surface area contributed by atoms with Crippen molar-refractivity contribution < 1.29 is 0 Å². The number of fused-ring (bicyclic) bond motifs is 1. The summed E-state index contributed by atoms with van der Waals surface area (Å²) < 4.78 is 0. The molecule has 6 heteroatoms. The molecule has 1 atom stereocenters. The number of aromatic amines is 1. The fraction of sp³-hybridized carbons (Fsp3) is 0.364. The number of nitrogens with zero attached hydrogens (tertiary/aromatic N) is 1. The van der Waals surface area contributed by atoms with Crippen molar-refractivity contribution in [1.82, 2.24) is 15.3 Å². The Balaban J connectivity index is 0.000000722. The lowest BCUT2D eigenvalue weighted by Gasteiger charge is -2.08. The lowest BCUT2D eigenvalue weighted by atomic mass is 10.3. The van der Waals surface area contributed by atoms with Crippen LogP contribution in [-0.2, 0) is 0 Å². The van der Waals surface area contributed by atoms with Crippen LogP contribution in [0.5, 0.6) is 0 Å². The highest BCUT2D eigenvalue weighted by Crippen LogP contribution is 2.14. The zero-order chi connectivity index (χ0) is 10.1. The molecule has 1 unspecified atom stereocenters. The van der Waals surface area contributed by atoms with Gasteiger partial charge in [-0.25, -0.2) is 4.98 Å². The first-order valence-electron chi connectivity index (χ1n) is 5.34. The van der Waals surface area contributed by atoms with Gasteiger partial charge < -0.3 is 15.6 Å². The molecule has 0 bridgehead atoms. The Morgan fingerprint density at radius 3 is 2.76 bits per heavy atom. The molecule has 1 fully saturated rings. The number of H-pyrrole nitrogens is 1. The van der Waals surface area contributed by atoms with E-state index >= 15 is 0 Å². The topological polar surface area (TPSA) is 52.7 Å². The predicted molar refractivity (Wildman–Crippen MR) is 75.5 cm³/mol. The predicted octanol–water partition coefficient (Wildman–Crippen LogP) is 2.18. The summed E-state index contributed by atoms with van der Waals surface area (Å²) in [4.78, 5) is 7.75. The van der Waals surface area contributed by atoms with Crippen molar-refractivity contribution in [2.75, 3.05) is 18.4 Å². The maximum atomic E-state index is 4.48. The fourth-order valence-corrected chi connectivity index (χ4v) is 1.99. The van der Waals surface area contributed by atoms with Crippen LogP contribution in [0.4, 0.5) is 5.95 Å². The number of hydrogen-bond donors (Lipinski definition) is 3. The van der Waals surface area contributed by atoms with Crippen LogP contribution in [-0.4, -0.2) is 29.1 Å². The van der Waals surface area contributed by atoms with Gasteiger partial charge in [0.1, 0.15) is 0 Å². The van der Waals surface area contributed by atoms with Crippen molar-refractivity contribution in [1.29, 1.82) is 0 Å². The molecule has 1 aromatic heterocycles. The van der Waals surface area contributed by atoms with E-state index < -0.39 is 0 Å². The third kappa shape index (κ3) is 3.03. The van der Waals surface area contributed by atoms with E-state index in [9.17, 15) is 0 Å². The molecule has 0 amide bonds. The summed E-state index contributed by atoms with van der Waals surface area (Å²) in [6.45, 7) is 2.12. The van der Waals surface area contributed by atoms with E-state index in [0.717, 1.165) is 36.5 Å². The number of rotatable bonds is 2. The van der Waals surface area contributed by atoms with Gasteiger partial charge in [0.2, 0.25) is 5.95 Å². The summed E-state index contributed by atoms with van der Waals surface area (Å²) in [6, 6.07) is 8.58. The van der Waals surface area contributed by atoms with Gasteiger partial charge in [-0.2, -0.15) is 0 Å². The Kier molecular flexibility index (Phi) is 5.05. The molecule has 2 heterocycles. The monoisotopic (exact) mass is 274 g/mol. The van der Waals surface area contributed by atoms with E-state index in [2.05, 4.69) is 20.6 Å². The minimum Gasteiger partial charge on any atom is -0.352 e. The second kappa shape index (κ2) is 6.10. The summed E-state index contributed by atoms with van der Waals surface area (Å²) in [7, 11) is 0. The van der Waals surface area contributed by atoms with E-state index in [1.54, 1.807) is 0 Å². The van der Waals surface area contributed by atoms with E-state index in [1.165, 1.54) is 0 Å². The highest BCUT2D eigenvalue weighted by atomic mass is 35.5. The lowest BCUT2D eigenvalue weighted by molar-refractivity contribution is 0.784. The van der Waals surface area contributed by atoms with Crippen LogP contribution in [0.15, 0.2) is 24.3 Å². The third-order valence-electron chi connectivity index (χ3n) is 2.79. The number of hydrogen-bond acceptors (Lipinski definition) is 3. The fourth-order valence-electron chi connectivity index (χ4n) is 1.99. The van der Waals surface area contributed by atoms with E-state index in [4.69, 9.17) is 0 Å². The maximum Gasteiger partial charge on any atom is 0.201 e. The summed E-state index contributed by atoms with van der Waals surface area (Å²) in [6.07, 6.45) is 1.16. The summed E-state index contributed by atoms with van der Waals surface area (Å²) >= 11 is 0. The molecule has 4 nitrogen and oxygen atoms in total. The Bertz CT molecular complexity index is 432. The van der Waals surface area contributed by atoms with Gasteiger partial charge in [-0.1, -0.05) is 12.1 Å². The summed E-state index contributed by atoms with van der Waals surface area (Å²) in [5, 5.41) is 6.72. The molecule has 1 saturated heterocycles. The number of nitrogens with one attached hydrogen (secondary N) is 3. The quantitative estimate of drug-likeness (QED) is 0.787. The molecule has 3 rings (SSSR count). The Hall–Kier alpha value is -0.970. The van der Waals surface area contributed by atoms with Gasteiger partial charge in [0, 0.05) is 12.6 Å². The molecule has 1 aromatic carbocycles. The molecule has 0 saturated carbocycles. The number of imidazole rings is 1. The van der Waals surface area contributed by atoms with Crippen LogP contribution >= 0.6 is 24.8 Å². The van der Waals surface area contributed by atoms with Crippen molar-refractivity contribution >= 4 is 41.8 Å². The zero-order valence-electron chi connectivity index (χ0n) is 9.27. The number of anilines is 1. The lowest BCUT2D eigenvalue weighted by Crippen LogP contribution is -2.22. The summed E-state index contributed by atoms with van der Waals surface area (Å²) in [5.74, 6) is 0.880. The second-order valence-electron chi connectivity index (χ2n) is 3.94. The number of halogens is 2. The number of aromatic nitrogens is 2. The SMILES string of the molecule is Cl.Cl.c1ccc2[nH]c(NC3CCNC3)nc2c1. The van der Waals surface area contributed by atoms with Crippen molar-refractivity contribution in [2.24, 2.45) is 0 Å².